The lowest BCUT2D eigenvalue weighted by molar-refractivity contribution is 0.625. The topological polar surface area (TPSA) is 68.2 Å². The van der Waals surface area contributed by atoms with E-state index in [9.17, 15) is 0 Å². The van der Waals surface area contributed by atoms with Gasteiger partial charge in [-0.2, -0.15) is 0 Å². The number of anilines is 1. The number of nitrogens with two attached hydrogens (primary N) is 1. The molecular formula is C16H15N5S. The molecule has 0 aliphatic carbocycles. The zero-order valence-corrected chi connectivity index (χ0v) is 12.8. The third kappa shape index (κ3) is 2.03. The number of hydrogen-bond donors (Lipinski definition) is 2. The molecule has 0 saturated heterocycles. The number of nitrogens with zero attached hydrogens (tertiary/aromatic N) is 3. The van der Waals surface area contributed by atoms with Crippen LogP contribution in [0, 0.1) is 0 Å². The molecule has 5 nitrogen and oxygen atoms in total. The van der Waals surface area contributed by atoms with Crippen LogP contribution in [0.1, 0.15) is 11.7 Å². The van der Waals surface area contributed by atoms with Gasteiger partial charge in [0.2, 0.25) is 5.95 Å². The molecule has 110 valence electrons. The van der Waals surface area contributed by atoms with E-state index in [4.69, 9.17) is 5.73 Å². The van der Waals surface area contributed by atoms with Gasteiger partial charge >= 0.3 is 0 Å². The van der Waals surface area contributed by atoms with Crippen LogP contribution >= 0.6 is 11.8 Å². The smallest absolute Gasteiger partial charge is 0.212 e. The van der Waals surface area contributed by atoms with Crippen molar-refractivity contribution in [2.75, 3.05) is 11.6 Å². The van der Waals surface area contributed by atoms with Gasteiger partial charge in [0.1, 0.15) is 0 Å². The highest BCUT2D eigenvalue weighted by atomic mass is 32.2. The molecule has 0 bridgehead atoms. The number of aromatic nitrogens is 2. The van der Waals surface area contributed by atoms with E-state index in [0.29, 0.717) is 5.96 Å². The second-order valence-corrected chi connectivity index (χ2v) is 5.96. The molecule has 0 unspecified atom stereocenters. The van der Waals surface area contributed by atoms with Crippen LogP contribution in [-0.4, -0.2) is 21.8 Å². The summed E-state index contributed by atoms with van der Waals surface area (Å²) in [5.74, 6) is 1.12. The Morgan fingerprint density at radius 3 is 2.68 bits per heavy atom. The van der Waals surface area contributed by atoms with Gasteiger partial charge in [0.25, 0.3) is 0 Å². The zero-order valence-electron chi connectivity index (χ0n) is 12.0. The van der Waals surface area contributed by atoms with Gasteiger partial charge in [-0.3, -0.25) is 9.88 Å². The van der Waals surface area contributed by atoms with E-state index in [1.54, 1.807) is 11.8 Å². The van der Waals surface area contributed by atoms with E-state index in [1.807, 2.05) is 24.3 Å². The summed E-state index contributed by atoms with van der Waals surface area (Å²) < 4.78 is 2.08. The molecule has 0 radical (unpaired) electrons. The minimum Gasteiger partial charge on any atom is -0.370 e. The number of rotatable bonds is 2. The molecule has 4 rings (SSSR count). The Bertz CT molecular complexity index is 866. The number of aliphatic imine (C=N–C) groups is 1. The second kappa shape index (κ2) is 5.06. The molecule has 3 N–H and O–H groups in total. The first-order valence-corrected chi connectivity index (χ1v) is 8.20. The summed E-state index contributed by atoms with van der Waals surface area (Å²) in [5, 5.41) is 3.05. The summed E-state index contributed by atoms with van der Waals surface area (Å²) in [4.78, 5) is 10.4. The fourth-order valence-electron chi connectivity index (χ4n) is 2.72. The number of benzene rings is 2. The minimum atomic E-state index is -0.195. The third-order valence-electron chi connectivity index (χ3n) is 3.76. The van der Waals surface area contributed by atoms with Crippen molar-refractivity contribution in [2.45, 2.75) is 11.1 Å². The number of imidazole rings is 1. The number of para-hydroxylation sites is 2. The molecule has 0 spiro atoms. The van der Waals surface area contributed by atoms with Gasteiger partial charge < -0.3 is 5.73 Å². The summed E-state index contributed by atoms with van der Waals surface area (Å²) in [5.41, 5.74) is 9.00. The second-order valence-electron chi connectivity index (χ2n) is 5.08. The van der Waals surface area contributed by atoms with E-state index in [2.05, 4.69) is 50.4 Å². The molecule has 22 heavy (non-hydrogen) atoms. The Morgan fingerprint density at radius 1 is 1.14 bits per heavy atom. The van der Waals surface area contributed by atoms with Gasteiger partial charge in [-0.1, -0.05) is 24.3 Å². The van der Waals surface area contributed by atoms with E-state index < -0.39 is 0 Å². The lowest BCUT2D eigenvalue weighted by Gasteiger charge is -2.23. The van der Waals surface area contributed by atoms with Crippen LogP contribution in [0.4, 0.5) is 5.95 Å². The van der Waals surface area contributed by atoms with Crippen LogP contribution in [0.5, 0.6) is 0 Å². The molecule has 3 aromatic rings. The molecule has 1 aliphatic heterocycles. The Balaban J connectivity index is 1.89. The minimum absolute atomic E-state index is 0.195. The number of nitrogens with one attached hydrogen (secondary N) is 1. The first kappa shape index (κ1) is 13.2. The molecule has 1 aromatic heterocycles. The standard InChI is InChI=1S/C16H15N5S/c1-22-11-8-6-10(7-9-11)14-19-15(17)20-16-18-12-4-2-3-5-13(12)21(14)16/h2-9,14H,1H3,(H3,17,18,19,20)/t14-/m0/s1. The van der Waals surface area contributed by atoms with Crippen molar-refractivity contribution in [3.63, 3.8) is 0 Å². The average Bonchev–Trinajstić information content (AvgIpc) is 2.92. The Morgan fingerprint density at radius 2 is 1.91 bits per heavy atom. The van der Waals surface area contributed by atoms with Crippen molar-refractivity contribution in [3.05, 3.63) is 54.1 Å². The first-order chi connectivity index (χ1) is 10.8. The Labute approximate surface area is 132 Å². The Hall–Kier alpha value is -2.47. The molecule has 1 aliphatic rings. The van der Waals surface area contributed by atoms with Crippen LogP contribution in [0.2, 0.25) is 0 Å². The molecule has 0 fully saturated rings. The highest BCUT2D eigenvalue weighted by molar-refractivity contribution is 7.98. The van der Waals surface area contributed by atoms with Crippen molar-refractivity contribution in [1.82, 2.24) is 9.55 Å². The number of fused-ring (bicyclic) bond motifs is 3. The molecule has 2 heterocycles. The summed E-state index contributed by atoms with van der Waals surface area (Å²) in [6, 6.07) is 16.4. The van der Waals surface area contributed by atoms with Crippen LogP contribution in [0.15, 0.2) is 58.4 Å². The highest BCUT2D eigenvalue weighted by Crippen LogP contribution is 2.32. The predicted octanol–water partition coefficient (Wildman–Crippen LogP) is 3.05. The van der Waals surface area contributed by atoms with E-state index in [0.717, 1.165) is 22.5 Å². The number of guanidine groups is 1. The molecule has 0 saturated carbocycles. The monoisotopic (exact) mass is 309 g/mol. The van der Waals surface area contributed by atoms with Crippen LogP contribution in [-0.2, 0) is 0 Å². The SMILES string of the molecule is CSc1ccc([C@H]2N=C(N)Nc3nc4ccccc4n32)cc1. The summed E-state index contributed by atoms with van der Waals surface area (Å²) in [7, 11) is 0. The Kier molecular flexibility index (Phi) is 3.04. The van der Waals surface area contributed by atoms with Crippen molar-refractivity contribution in [2.24, 2.45) is 10.7 Å². The normalized spacial score (nSPS) is 17.0. The molecule has 1 atom stereocenters. The molecule has 0 amide bonds. The van der Waals surface area contributed by atoms with Crippen LogP contribution < -0.4 is 11.1 Å². The van der Waals surface area contributed by atoms with Crippen LogP contribution in [0.3, 0.4) is 0 Å². The lowest BCUT2D eigenvalue weighted by Crippen LogP contribution is -2.31. The summed E-state index contributed by atoms with van der Waals surface area (Å²) in [6.45, 7) is 0. The van der Waals surface area contributed by atoms with Crippen LogP contribution in [0.25, 0.3) is 11.0 Å². The average molecular weight is 309 g/mol. The maximum Gasteiger partial charge on any atom is 0.212 e. The zero-order chi connectivity index (χ0) is 15.1. The number of hydrogen-bond acceptors (Lipinski definition) is 5. The predicted molar refractivity (Wildman–Crippen MR) is 91.3 cm³/mol. The van der Waals surface area contributed by atoms with Crippen molar-refractivity contribution < 1.29 is 0 Å². The van der Waals surface area contributed by atoms with Gasteiger partial charge in [0, 0.05) is 4.90 Å². The quantitative estimate of drug-likeness (QED) is 0.714. The maximum atomic E-state index is 5.94. The fourth-order valence-corrected chi connectivity index (χ4v) is 3.12. The van der Waals surface area contributed by atoms with E-state index in [-0.39, 0.29) is 6.17 Å². The molecule has 6 heteroatoms. The van der Waals surface area contributed by atoms with Gasteiger partial charge in [0.05, 0.1) is 11.0 Å². The summed E-state index contributed by atoms with van der Waals surface area (Å²) >= 11 is 1.72. The van der Waals surface area contributed by atoms with E-state index >= 15 is 0 Å². The lowest BCUT2D eigenvalue weighted by atomic mass is 10.1. The highest BCUT2D eigenvalue weighted by Gasteiger charge is 2.24. The fraction of sp³-hybridized carbons (Fsp3) is 0.125. The largest absolute Gasteiger partial charge is 0.370 e. The van der Waals surface area contributed by atoms with Gasteiger partial charge in [0.15, 0.2) is 12.1 Å². The van der Waals surface area contributed by atoms with Gasteiger partial charge in [-0.15, -0.1) is 11.8 Å². The first-order valence-electron chi connectivity index (χ1n) is 6.97. The third-order valence-corrected chi connectivity index (χ3v) is 4.50. The maximum absolute atomic E-state index is 5.94. The number of thioether (sulfide) groups is 1. The van der Waals surface area contributed by atoms with Crippen molar-refractivity contribution in [1.29, 1.82) is 0 Å². The van der Waals surface area contributed by atoms with E-state index in [1.165, 1.54) is 4.90 Å². The van der Waals surface area contributed by atoms with Crippen molar-refractivity contribution in [3.8, 4) is 0 Å². The van der Waals surface area contributed by atoms with Gasteiger partial charge in [-0.05, 0) is 36.1 Å². The van der Waals surface area contributed by atoms with Crippen molar-refractivity contribution >= 4 is 34.7 Å². The molecule has 2 aromatic carbocycles. The van der Waals surface area contributed by atoms with Gasteiger partial charge in [-0.25, -0.2) is 9.98 Å². The molecular weight excluding hydrogens is 294 g/mol. The summed E-state index contributed by atoms with van der Waals surface area (Å²) in [6.07, 6.45) is 1.87.